The quantitative estimate of drug-likeness (QED) is 0.244. The van der Waals surface area contributed by atoms with Gasteiger partial charge in [0, 0.05) is 27.5 Å². The third-order valence-corrected chi connectivity index (χ3v) is 5.27. The minimum Gasteiger partial charge on any atom is -0.495 e. The van der Waals surface area contributed by atoms with Crippen molar-refractivity contribution in [2.75, 3.05) is 7.11 Å². The monoisotopic (exact) mass is 408 g/mol. The molecule has 0 unspecified atom stereocenters. The van der Waals surface area contributed by atoms with Crippen molar-refractivity contribution >= 4 is 34.2 Å². The SMILES string of the molecule is C=C(C=O)c1ccc2c3c(ccc2c1OC)C(=C1CCCCC1)C(=O)O3.CC.CC. The summed E-state index contributed by atoms with van der Waals surface area (Å²) in [5.41, 5.74) is 3.80. The lowest BCUT2D eigenvalue weighted by atomic mass is 9.88. The zero-order valence-corrected chi connectivity index (χ0v) is 18.8. The lowest BCUT2D eigenvalue weighted by molar-refractivity contribution is -0.127. The molecule has 4 rings (SSSR count). The van der Waals surface area contributed by atoms with Crippen molar-refractivity contribution in [2.45, 2.75) is 59.8 Å². The summed E-state index contributed by atoms with van der Waals surface area (Å²) in [6.07, 6.45) is 6.10. The highest BCUT2D eigenvalue weighted by Gasteiger charge is 2.32. The fraction of sp³-hybridized carbons (Fsp3) is 0.385. The van der Waals surface area contributed by atoms with Crippen LogP contribution in [0.1, 0.15) is 70.9 Å². The number of hydrogen-bond acceptors (Lipinski definition) is 4. The fourth-order valence-corrected chi connectivity index (χ4v) is 4.01. The molecule has 0 N–H and O–H groups in total. The molecule has 4 heteroatoms. The van der Waals surface area contributed by atoms with Crippen LogP contribution in [0, 0.1) is 0 Å². The van der Waals surface area contributed by atoms with E-state index in [2.05, 4.69) is 6.58 Å². The lowest BCUT2D eigenvalue weighted by Gasteiger charge is -2.15. The average Bonchev–Trinajstić information content (AvgIpc) is 3.17. The normalized spacial score (nSPS) is 14.6. The van der Waals surface area contributed by atoms with Crippen molar-refractivity contribution in [3.8, 4) is 11.5 Å². The van der Waals surface area contributed by atoms with Gasteiger partial charge in [-0.3, -0.25) is 4.79 Å². The minimum atomic E-state index is -0.259. The van der Waals surface area contributed by atoms with Crippen molar-refractivity contribution in [3.05, 3.63) is 47.5 Å². The van der Waals surface area contributed by atoms with E-state index in [0.29, 0.717) is 28.9 Å². The summed E-state index contributed by atoms with van der Waals surface area (Å²) >= 11 is 0. The van der Waals surface area contributed by atoms with Gasteiger partial charge in [-0.1, -0.05) is 46.3 Å². The van der Waals surface area contributed by atoms with E-state index in [1.807, 2.05) is 45.9 Å². The molecule has 30 heavy (non-hydrogen) atoms. The summed E-state index contributed by atoms with van der Waals surface area (Å²) in [6, 6.07) is 7.51. The maximum atomic E-state index is 12.6. The molecule has 1 aliphatic carbocycles. The number of hydrogen-bond donors (Lipinski definition) is 0. The number of benzene rings is 2. The Balaban J connectivity index is 0.000000757. The van der Waals surface area contributed by atoms with Crippen LogP contribution in [0.5, 0.6) is 11.5 Å². The highest BCUT2D eigenvalue weighted by Crippen LogP contribution is 2.46. The van der Waals surface area contributed by atoms with Gasteiger partial charge < -0.3 is 9.47 Å². The summed E-state index contributed by atoms with van der Waals surface area (Å²) in [4.78, 5) is 23.7. The van der Waals surface area contributed by atoms with E-state index in [0.717, 1.165) is 47.6 Å². The molecule has 1 fully saturated rings. The minimum absolute atomic E-state index is 0.259. The second-order valence-corrected chi connectivity index (χ2v) is 6.76. The number of aldehydes is 1. The van der Waals surface area contributed by atoms with Gasteiger partial charge in [-0.2, -0.15) is 0 Å². The second kappa shape index (κ2) is 10.8. The van der Waals surface area contributed by atoms with Crippen molar-refractivity contribution < 1.29 is 19.1 Å². The van der Waals surface area contributed by atoms with E-state index in [4.69, 9.17) is 9.47 Å². The van der Waals surface area contributed by atoms with Crippen LogP contribution in [-0.4, -0.2) is 19.4 Å². The van der Waals surface area contributed by atoms with Crippen LogP contribution in [0.15, 0.2) is 36.4 Å². The number of carbonyl (C=O) groups is 2. The standard InChI is InChI=1S/C22H20O4.2C2H6/c1-13(12-23)15-8-9-17-16(20(15)25-2)10-11-18-19(22(24)26-21(17)18)14-6-4-3-5-7-14;2*1-2/h8-12H,1,3-7H2,2H3;2*1-2H3. The van der Waals surface area contributed by atoms with Gasteiger partial charge in [-0.15, -0.1) is 0 Å². The molecule has 2 aliphatic rings. The molecule has 0 saturated heterocycles. The summed E-state index contributed by atoms with van der Waals surface area (Å²) in [5, 5.41) is 1.61. The summed E-state index contributed by atoms with van der Waals surface area (Å²) < 4.78 is 11.2. The van der Waals surface area contributed by atoms with Crippen LogP contribution in [-0.2, 0) is 9.59 Å². The van der Waals surface area contributed by atoms with Gasteiger partial charge >= 0.3 is 5.97 Å². The van der Waals surface area contributed by atoms with Gasteiger partial charge in [0.1, 0.15) is 17.8 Å². The number of fused-ring (bicyclic) bond motifs is 3. The Labute approximate surface area is 179 Å². The first-order valence-corrected chi connectivity index (χ1v) is 10.9. The molecule has 1 saturated carbocycles. The third-order valence-electron chi connectivity index (χ3n) is 5.27. The molecule has 2 aromatic carbocycles. The van der Waals surface area contributed by atoms with Gasteiger partial charge in [-0.05, 0) is 49.9 Å². The first-order chi connectivity index (χ1) is 14.7. The summed E-state index contributed by atoms with van der Waals surface area (Å²) in [5.74, 6) is 0.893. The van der Waals surface area contributed by atoms with Crippen molar-refractivity contribution in [1.29, 1.82) is 0 Å². The van der Waals surface area contributed by atoms with Gasteiger partial charge in [-0.25, -0.2) is 4.79 Å². The van der Waals surface area contributed by atoms with Crippen LogP contribution in [0.25, 0.3) is 21.9 Å². The van der Waals surface area contributed by atoms with Crippen molar-refractivity contribution in [2.24, 2.45) is 0 Å². The predicted octanol–water partition coefficient (Wildman–Crippen LogP) is 6.75. The van der Waals surface area contributed by atoms with Gasteiger partial charge in [0.15, 0.2) is 0 Å². The predicted molar refractivity (Wildman–Crippen MR) is 124 cm³/mol. The first kappa shape index (κ1) is 23.4. The Morgan fingerprint density at radius 3 is 2.23 bits per heavy atom. The van der Waals surface area contributed by atoms with E-state index >= 15 is 0 Å². The van der Waals surface area contributed by atoms with E-state index in [1.54, 1.807) is 13.2 Å². The molecular weight excluding hydrogens is 376 g/mol. The Morgan fingerprint density at radius 2 is 1.63 bits per heavy atom. The molecule has 160 valence electrons. The van der Waals surface area contributed by atoms with E-state index < -0.39 is 0 Å². The van der Waals surface area contributed by atoms with Crippen LogP contribution >= 0.6 is 0 Å². The molecule has 0 atom stereocenters. The highest BCUT2D eigenvalue weighted by molar-refractivity contribution is 6.25. The van der Waals surface area contributed by atoms with E-state index in [9.17, 15) is 9.59 Å². The zero-order valence-electron chi connectivity index (χ0n) is 18.8. The van der Waals surface area contributed by atoms with Crippen molar-refractivity contribution in [3.63, 3.8) is 0 Å². The molecule has 1 aliphatic heterocycles. The van der Waals surface area contributed by atoms with E-state index in [-0.39, 0.29) is 5.97 Å². The smallest absolute Gasteiger partial charge is 0.344 e. The lowest BCUT2D eigenvalue weighted by Crippen LogP contribution is -2.06. The fourth-order valence-electron chi connectivity index (χ4n) is 4.01. The van der Waals surface area contributed by atoms with E-state index in [1.165, 1.54) is 12.0 Å². The van der Waals surface area contributed by atoms with Gasteiger partial charge in [0.05, 0.1) is 12.7 Å². The topological polar surface area (TPSA) is 52.6 Å². The Morgan fingerprint density at radius 1 is 1.00 bits per heavy atom. The largest absolute Gasteiger partial charge is 0.495 e. The highest BCUT2D eigenvalue weighted by atomic mass is 16.5. The number of methoxy groups -OCH3 is 1. The number of allylic oxidation sites excluding steroid dienone is 2. The number of carbonyl (C=O) groups excluding carboxylic acids is 2. The molecule has 2 aromatic rings. The molecule has 0 spiro atoms. The Bertz CT molecular complexity index is 974. The molecule has 0 radical (unpaired) electrons. The summed E-state index contributed by atoms with van der Waals surface area (Å²) in [6.45, 7) is 11.8. The molecule has 0 aromatic heterocycles. The molecule has 0 amide bonds. The van der Waals surface area contributed by atoms with Gasteiger partial charge in [0.2, 0.25) is 0 Å². The number of ether oxygens (including phenoxy) is 2. The maximum Gasteiger partial charge on any atom is 0.344 e. The maximum absolute atomic E-state index is 12.6. The third kappa shape index (κ3) is 4.18. The Kier molecular flexibility index (Phi) is 8.40. The Hall–Kier alpha value is -2.88. The van der Waals surface area contributed by atoms with Crippen LogP contribution < -0.4 is 9.47 Å². The zero-order chi connectivity index (χ0) is 22.3. The molecule has 0 bridgehead atoms. The number of rotatable bonds is 3. The molecule has 4 nitrogen and oxygen atoms in total. The number of esters is 1. The van der Waals surface area contributed by atoms with Crippen LogP contribution in [0.2, 0.25) is 0 Å². The molecular formula is C26H32O4. The average molecular weight is 409 g/mol. The first-order valence-electron chi connectivity index (χ1n) is 10.9. The summed E-state index contributed by atoms with van der Waals surface area (Å²) in [7, 11) is 1.56. The van der Waals surface area contributed by atoms with Gasteiger partial charge in [0.25, 0.3) is 0 Å². The van der Waals surface area contributed by atoms with Crippen LogP contribution in [0.4, 0.5) is 0 Å². The molecule has 1 heterocycles. The van der Waals surface area contributed by atoms with Crippen LogP contribution in [0.3, 0.4) is 0 Å². The van der Waals surface area contributed by atoms with Crippen molar-refractivity contribution in [1.82, 2.24) is 0 Å². The second-order valence-electron chi connectivity index (χ2n) is 6.76.